The average Bonchev–Trinajstić information content (AvgIpc) is 3.30. The van der Waals surface area contributed by atoms with Crippen LogP contribution in [0.5, 0.6) is 0 Å². The number of imidazole rings is 1. The topological polar surface area (TPSA) is 66.0 Å². The van der Waals surface area contributed by atoms with Crippen LogP contribution in [0.4, 0.5) is 0 Å². The minimum absolute atomic E-state index is 0.551. The van der Waals surface area contributed by atoms with Gasteiger partial charge in [-0.1, -0.05) is 103 Å². The number of nitriles is 1. The minimum atomic E-state index is -0.551. The van der Waals surface area contributed by atoms with E-state index >= 15 is 0 Å². The molecule has 0 spiro atoms. The monoisotopic (exact) mass is 511 g/mol. The molecule has 0 aliphatic rings. The highest BCUT2D eigenvalue weighted by molar-refractivity contribution is 8.13. The van der Waals surface area contributed by atoms with Crippen molar-refractivity contribution < 1.29 is 0 Å². The van der Waals surface area contributed by atoms with Crippen molar-refractivity contribution in [3.63, 3.8) is 0 Å². The summed E-state index contributed by atoms with van der Waals surface area (Å²) < 4.78 is 2.32. The summed E-state index contributed by atoms with van der Waals surface area (Å²) in [6, 6.07) is 32.0. The second kappa shape index (κ2) is 12.5. The van der Waals surface area contributed by atoms with Crippen molar-refractivity contribution in [2.24, 2.45) is 4.99 Å². The summed E-state index contributed by atoms with van der Waals surface area (Å²) in [4.78, 5) is 9.33. The van der Waals surface area contributed by atoms with Gasteiger partial charge in [0.2, 0.25) is 0 Å². The van der Waals surface area contributed by atoms with Crippen LogP contribution in [0.25, 0.3) is 0 Å². The lowest BCUT2D eigenvalue weighted by Crippen LogP contribution is -2.38. The summed E-state index contributed by atoms with van der Waals surface area (Å²) in [7, 11) is 0. The third-order valence-electron chi connectivity index (χ3n) is 6.13. The maximum atomic E-state index is 8.79. The lowest BCUT2D eigenvalue weighted by Gasteiger charge is -2.38. The molecule has 1 aromatic heterocycles. The number of nitrogens with zero attached hydrogens (tertiary/aromatic N) is 4. The van der Waals surface area contributed by atoms with Gasteiger partial charge in [0.15, 0.2) is 11.4 Å². The molecule has 1 N–H and O–H groups in total. The molecule has 4 rings (SSSR count). The van der Waals surface area contributed by atoms with Crippen LogP contribution >= 0.6 is 23.5 Å². The van der Waals surface area contributed by atoms with Crippen molar-refractivity contribution in [3.8, 4) is 6.19 Å². The molecule has 7 heteroatoms. The Labute approximate surface area is 221 Å². The summed E-state index contributed by atoms with van der Waals surface area (Å²) in [6.07, 6.45) is 5.82. The number of nitrogens with one attached hydrogen (secondary N) is 1. The van der Waals surface area contributed by atoms with Crippen LogP contribution in [0.15, 0.2) is 102 Å². The van der Waals surface area contributed by atoms with Gasteiger partial charge >= 0.3 is 0 Å². The number of aromatic nitrogens is 2. The van der Waals surface area contributed by atoms with Crippen LogP contribution < -0.4 is 5.32 Å². The maximum absolute atomic E-state index is 8.79. The molecular formula is C29H29N5S2. The molecule has 0 aliphatic heterocycles. The van der Waals surface area contributed by atoms with Crippen LogP contribution in [0.2, 0.25) is 0 Å². The molecule has 0 unspecified atom stereocenters. The Morgan fingerprint density at radius 3 is 1.94 bits per heavy atom. The van der Waals surface area contributed by atoms with E-state index in [4.69, 9.17) is 10.2 Å². The summed E-state index contributed by atoms with van der Waals surface area (Å²) in [5, 5.41) is 12.1. The van der Waals surface area contributed by atoms with Gasteiger partial charge in [0.05, 0.1) is 18.6 Å². The van der Waals surface area contributed by atoms with E-state index in [1.807, 2.05) is 18.8 Å². The van der Waals surface area contributed by atoms with Crippen molar-refractivity contribution in [3.05, 3.63) is 125 Å². The molecule has 3 aromatic carbocycles. The van der Waals surface area contributed by atoms with Gasteiger partial charge in [-0.2, -0.15) is 17.0 Å². The molecule has 0 fully saturated rings. The highest BCUT2D eigenvalue weighted by atomic mass is 32.2. The zero-order chi connectivity index (χ0) is 25.2. The fourth-order valence-electron chi connectivity index (χ4n) is 4.47. The molecule has 0 saturated heterocycles. The highest BCUT2D eigenvalue weighted by Gasteiger charge is 2.39. The molecule has 0 amide bonds. The van der Waals surface area contributed by atoms with E-state index in [0.717, 1.165) is 22.9 Å². The first-order chi connectivity index (χ1) is 17.7. The van der Waals surface area contributed by atoms with Gasteiger partial charge in [0.25, 0.3) is 0 Å². The van der Waals surface area contributed by atoms with E-state index in [0.29, 0.717) is 11.7 Å². The minimum Gasteiger partial charge on any atom is -0.316 e. The Hall–Kier alpha value is -3.47. The first-order valence-corrected chi connectivity index (χ1v) is 14.1. The smallest absolute Gasteiger partial charge is 0.183 e. The van der Waals surface area contributed by atoms with Crippen molar-refractivity contribution in [2.75, 3.05) is 18.6 Å². The van der Waals surface area contributed by atoms with E-state index in [-0.39, 0.29) is 0 Å². The predicted octanol–water partition coefficient (Wildman–Crippen LogP) is 6.05. The molecule has 0 bridgehead atoms. The summed E-state index contributed by atoms with van der Waals surface area (Å²) in [5.41, 5.74) is 5.21. The fourth-order valence-corrected chi connectivity index (χ4v) is 5.67. The van der Waals surface area contributed by atoms with Gasteiger partial charge in [-0.3, -0.25) is 10.3 Å². The van der Waals surface area contributed by atoms with Gasteiger partial charge in [0, 0.05) is 17.2 Å². The molecule has 0 aliphatic carbocycles. The van der Waals surface area contributed by atoms with Crippen LogP contribution in [0, 0.1) is 18.4 Å². The van der Waals surface area contributed by atoms with E-state index in [9.17, 15) is 0 Å². The van der Waals surface area contributed by atoms with Gasteiger partial charge in [-0.05, 0) is 29.9 Å². The van der Waals surface area contributed by atoms with Crippen LogP contribution in [-0.2, 0) is 11.3 Å². The Bertz CT molecular complexity index is 1220. The van der Waals surface area contributed by atoms with Crippen molar-refractivity contribution in [2.45, 2.75) is 18.2 Å². The number of thioether (sulfide) groups is 2. The second-order valence-electron chi connectivity index (χ2n) is 8.14. The Morgan fingerprint density at radius 2 is 1.47 bits per heavy atom. The predicted molar refractivity (Wildman–Crippen MR) is 152 cm³/mol. The van der Waals surface area contributed by atoms with Gasteiger partial charge in [-0.25, -0.2) is 4.98 Å². The van der Waals surface area contributed by atoms with Crippen LogP contribution in [0.1, 0.15) is 28.1 Å². The molecule has 182 valence electrons. The van der Waals surface area contributed by atoms with E-state index in [1.54, 1.807) is 11.8 Å². The van der Waals surface area contributed by atoms with Crippen molar-refractivity contribution >= 4 is 28.7 Å². The normalized spacial score (nSPS) is 11.8. The van der Waals surface area contributed by atoms with Gasteiger partial charge < -0.3 is 4.57 Å². The number of hydrogen-bond acceptors (Lipinski definition) is 5. The number of benzene rings is 3. The zero-order valence-corrected chi connectivity index (χ0v) is 22.1. The molecule has 0 saturated carbocycles. The molecular weight excluding hydrogens is 482 g/mol. The molecule has 36 heavy (non-hydrogen) atoms. The average molecular weight is 512 g/mol. The SMILES string of the molecule is CSC(=NCCSCc1ncn(C(c2ccccc2)(c2ccccc2)c2ccccc2)c1C)NC#N. The largest absolute Gasteiger partial charge is 0.316 e. The molecule has 0 atom stereocenters. The molecule has 0 radical (unpaired) electrons. The number of hydrogen-bond donors (Lipinski definition) is 1. The summed E-state index contributed by atoms with van der Waals surface area (Å²) in [5.74, 6) is 1.65. The first kappa shape index (κ1) is 25.6. The van der Waals surface area contributed by atoms with Crippen molar-refractivity contribution in [1.29, 1.82) is 5.26 Å². The van der Waals surface area contributed by atoms with E-state index in [2.05, 4.69) is 113 Å². The first-order valence-electron chi connectivity index (χ1n) is 11.7. The number of aliphatic imine (C=N–C) groups is 1. The summed E-state index contributed by atoms with van der Waals surface area (Å²) in [6.45, 7) is 2.81. The summed E-state index contributed by atoms with van der Waals surface area (Å²) >= 11 is 3.24. The van der Waals surface area contributed by atoms with E-state index < -0.39 is 5.54 Å². The zero-order valence-electron chi connectivity index (χ0n) is 20.5. The Balaban J connectivity index is 1.71. The second-order valence-corrected chi connectivity index (χ2v) is 10.0. The van der Waals surface area contributed by atoms with Gasteiger partial charge in [-0.15, -0.1) is 0 Å². The quantitative estimate of drug-likeness (QED) is 0.0739. The van der Waals surface area contributed by atoms with Crippen LogP contribution in [0.3, 0.4) is 0 Å². The standard InChI is InChI=1S/C29H29N5S2/c1-23-27(20-36-19-18-31-28(35-2)32-21-30)33-22-34(23)29(24-12-6-3-7-13-24,25-14-8-4-9-15-25)26-16-10-5-11-17-26/h3-17,22H,18-20H2,1-2H3,(H,31,32). The third-order valence-corrected chi connectivity index (χ3v) is 7.70. The lowest BCUT2D eigenvalue weighted by atomic mass is 9.76. The Morgan fingerprint density at radius 1 is 0.944 bits per heavy atom. The maximum Gasteiger partial charge on any atom is 0.183 e. The highest BCUT2D eigenvalue weighted by Crippen LogP contribution is 2.42. The molecule has 1 heterocycles. The number of rotatable bonds is 9. The number of amidine groups is 1. The van der Waals surface area contributed by atoms with E-state index in [1.165, 1.54) is 28.5 Å². The Kier molecular flexibility index (Phi) is 8.88. The fraction of sp³-hybridized carbons (Fsp3) is 0.207. The van der Waals surface area contributed by atoms with Gasteiger partial charge in [0.1, 0.15) is 5.54 Å². The van der Waals surface area contributed by atoms with Crippen molar-refractivity contribution in [1.82, 2.24) is 14.9 Å². The molecule has 4 aromatic rings. The lowest BCUT2D eigenvalue weighted by molar-refractivity contribution is 0.503. The van der Waals surface area contributed by atoms with Crippen LogP contribution in [-0.4, -0.2) is 33.3 Å². The third kappa shape index (κ3) is 5.35. The molecule has 5 nitrogen and oxygen atoms in total.